The molecule has 0 atom stereocenters. The molecular weight excluding hydrogens is 320 g/mol. The van der Waals surface area contributed by atoms with Crippen molar-refractivity contribution in [2.24, 2.45) is 0 Å². The van der Waals surface area contributed by atoms with Gasteiger partial charge in [-0.25, -0.2) is 0 Å². The van der Waals surface area contributed by atoms with E-state index in [9.17, 15) is 4.79 Å². The summed E-state index contributed by atoms with van der Waals surface area (Å²) in [6, 6.07) is 7.70. The lowest BCUT2D eigenvalue weighted by Crippen LogP contribution is -2.13. The molecule has 1 amide bonds. The van der Waals surface area contributed by atoms with E-state index in [-0.39, 0.29) is 5.91 Å². The second-order valence-corrected chi connectivity index (χ2v) is 5.77. The predicted molar refractivity (Wildman–Crippen MR) is 90.2 cm³/mol. The number of thioether (sulfide) groups is 1. The standard InChI is InChI=1S/C15H17ClN4OS/c1-3-7-13(21)17-14-18-19-15(20(14)4-2)22-10-11-8-5-6-9-12(11)16/h3,5-9H,4,10H2,1-2H3,(H,17,18,21)/b7-3+. The first-order valence-corrected chi connectivity index (χ1v) is 8.25. The van der Waals surface area contributed by atoms with Crippen molar-refractivity contribution in [2.45, 2.75) is 31.3 Å². The van der Waals surface area contributed by atoms with Crippen LogP contribution in [0.3, 0.4) is 0 Å². The van der Waals surface area contributed by atoms with Gasteiger partial charge in [0.2, 0.25) is 11.9 Å². The van der Waals surface area contributed by atoms with Crippen molar-refractivity contribution in [3.8, 4) is 0 Å². The lowest BCUT2D eigenvalue weighted by molar-refractivity contribution is -0.112. The van der Waals surface area contributed by atoms with Crippen LogP contribution in [0.2, 0.25) is 5.02 Å². The van der Waals surface area contributed by atoms with E-state index < -0.39 is 0 Å². The first kappa shape index (κ1) is 16.6. The van der Waals surface area contributed by atoms with Crippen LogP contribution in [0.15, 0.2) is 41.6 Å². The summed E-state index contributed by atoms with van der Waals surface area (Å²) < 4.78 is 1.86. The van der Waals surface area contributed by atoms with E-state index in [1.54, 1.807) is 13.0 Å². The number of carbonyl (C=O) groups excluding carboxylic acids is 1. The topological polar surface area (TPSA) is 59.8 Å². The monoisotopic (exact) mass is 336 g/mol. The molecule has 1 heterocycles. The average Bonchev–Trinajstić information content (AvgIpc) is 2.88. The normalized spacial score (nSPS) is 11.0. The molecule has 22 heavy (non-hydrogen) atoms. The van der Waals surface area contributed by atoms with Gasteiger partial charge >= 0.3 is 0 Å². The van der Waals surface area contributed by atoms with Crippen molar-refractivity contribution in [3.05, 3.63) is 47.0 Å². The van der Waals surface area contributed by atoms with Gasteiger partial charge in [-0.1, -0.05) is 47.6 Å². The van der Waals surface area contributed by atoms with E-state index >= 15 is 0 Å². The Balaban J connectivity index is 2.10. The number of hydrogen-bond acceptors (Lipinski definition) is 4. The maximum atomic E-state index is 11.6. The Bertz CT molecular complexity index is 684. The highest BCUT2D eigenvalue weighted by atomic mass is 35.5. The van der Waals surface area contributed by atoms with Gasteiger partial charge < -0.3 is 0 Å². The predicted octanol–water partition coefficient (Wildman–Crippen LogP) is 3.76. The number of nitrogens with zero attached hydrogens (tertiary/aromatic N) is 3. The Morgan fingerprint density at radius 1 is 1.41 bits per heavy atom. The summed E-state index contributed by atoms with van der Waals surface area (Å²) in [5.41, 5.74) is 1.04. The van der Waals surface area contributed by atoms with Gasteiger partial charge in [0.15, 0.2) is 5.16 Å². The Kier molecular flexibility index (Phi) is 6.03. The molecular formula is C15H17ClN4OS. The van der Waals surface area contributed by atoms with Crippen LogP contribution in [0.5, 0.6) is 0 Å². The van der Waals surface area contributed by atoms with Crippen molar-refractivity contribution in [2.75, 3.05) is 5.32 Å². The van der Waals surface area contributed by atoms with E-state index in [1.807, 2.05) is 35.8 Å². The summed E-state index contributed by atoms with van der Waals surface area (Å²) >= 11 is 7.69. The van der Waals surface area contributed by atoms with Crippen LogP contribution >= 0.6 is 23.4 Å². The van der Waals surface area contributed by atoms with Crippen LogP contribution in [0, 0.1) is 0 Å². The number of rotatable bonds is 6. The molecule has 1 N–H and O–H groups in total. The summed E-state index contributed by atoms with van der Waals surface area (Å²) in [6.45, 7) is 4.44. The number of carbonyl (C=O) groups is 1. The largest absolute Gasteiger partial charge is 0.291 e. The molecule has 5 nitrogen and oxygen atoms in total. The molecule has 0 aliphatic heterocycles. The minimum atomic E-state index is -0.216. The molecule has 0 saturated heterocycles. The number of amides is 1. The number of nitrogens with one attached hydrogen (secondary N) is 1. The Labute approximate surface area is 138 Å². The van der Waals surface area contributed by atoms with Gasteiger partial charge in [-0.05, 0) is 31.6 Å². The molecule has 0 aliphatic carbocycles. The SMILES string of the molecule is C/C=C/C(=O)Nc1nnc(SCc2ccccc2Cl)n1CC. The highest BCUT2D eigenvalue weighted by molar-refractivity contribution is 7.98. The maximum Gasteiger partial charge on any atom is 0.250 e. The number of aromatic nitrogens is 3. The van der Waals surface area contributed by atoms with Crippen LogP contribution in [0.4, 0.5) is 5.95 Å². The number of halogens is 1. The minimum Gasteiger partial charge on any atom is -0.291 e. The van der Waals surface area contributed by atoms with Crippen molar-refractivity contribution in [1.29, 1.82) is 0 Å². The molecule has 2 rings (SSSR count). The highest BCUT2D eigenvalue weighted by Crippen LogP contribution is 2.26. The van der Waals surface area contributed by atoms with E-state index in [1.165, 1.54) is 17.8 Å². The first-order chi connectivity index (χ1) is 10.7. The number of anilines is 1. The smallest absolute Gasteiger partial charge is 0.250 e. The van der Waals surface area contributed by atoms with E-state index in [0.29, 0.717) is 18.2 Å². The number of benzene rings is 1. The van der Waals surface area contributed by atoms with Crippen LogP contribution < -0.4 is 5.32 Å². The lowest BCUT2D eigenvalue weighted by Gasteiger charge is -2.07. The van der Waals surface area contributed by atoms with Crippen LogP contribution in [0.1, 0.15) is 19.4 Å². The molecule has 0 bridgehead atoms. The van der Waals surface area contributed by atoms with Crippen molar-refractivity contribution >= 4 is 35.2 Å². The van der Waals surface area contributed by atoms with Crippen LogP contribution in [0.25, 0.3) is 0 Å². The number of allylic oxidation sites excluding steroid dienone is 1. The molecule has 0 fully saturated rings. The molecule has 0 radical (unpaired) electrons. The lowest BCUT2D eigenvalue weighted by atomic mass is 10.2. The third-order valence-corrected chi connectivity index (χ3v) is 4.29. The van der Waals surface area contributed by atoms with Gasteiger partial charge in [0.1, 0.15) is 0 Å². The summed E-state index contributed by atoms with van der Waals surface area (Å²) in [5, 5.41) is 12.4. The second kappa shape index (κ2) is 8.00. The third-order valence-electron chi connectivity index (χ3n) is 2.90. The van der Waals surface area contributed by atoms with E-state index in [4.69, 9.17) is 11.6 Å². The fourth-order valence-electron chi connectivity index (χ4n) is 1.83. The van der Waals surface area contributed by atoms with Crippen molar-refractivity contribution in [1.82, 2.24) is 14.8 Å². The number of hydrogen-bond donors (Lipinski definition) is 1. The summed E-state index contributed by atoms with van der Waals surface area (Å²) in [4.78, 5) is 11.6. The molecule has 7 heteroatoms. The molecule has 0 saturated carbocycles. The Hall–Kier alpha value is -1.79. The highest BCUT2D eigenvalue weighted by Gasteiger charge is 2.13. The molecule has 0 aliphatic rings. The summed E-state index contributed by atoms with van der Waals surface area (Å²) in [6.07, 6.45) is 3.13. The van der Waals surface area contributed by atoms with Gasteiger partial charge in [0.05, 0.1) is 0 Å². The van der Waals surface area contributed by atoms with Gasteiger partial charge in [-0.2, -0.15) is 0 Å². The van der Waals surface area contributed by atoms with Gasteiger partial charge in [-0.15, -0.1) is 10.2 Å². The summed E-state index contributed by atoms with van der Waals surface area (Å²) in [5.74, 6) is 0.931. The Morgan fingerprint density at radius 3 is 2.86 bits per heavy atom. The van der Waals surface area contributed by atoms with Crippen molar-refractivity contribution < 1.29 is 4.79 Å². The van der Waals surface area contributed by atoms with Crippen molar-refractivity contribution in [3.63, 3.8) is 0 Å². The Morgan fingerprint density at radius 2 is 2.18 bits per heavy atom. The molecule has 1 aromatic carbocycles. The molecule has 2 aromatic rings. The quantitative estimate of drug-likeness (QED) is 0.644. The second-order valence-electron chi connectivity index (χ2n) is 4.42. The van der Waals surface area contributed by atoms with E-state index in [0.717, 1.165) is 15.7 Å². The van der Waals surface area contributed by atoms with Gasteiger partial charge in [0.25, 0.3) is 0 Å². The fraction of sp³-hybridized carbons (Fsp3) is 0.267. The fourth-order valence-corrected chi connectivity index (χ4v) is 3.12. The zero-order chi connectivity index (χ0) is 15.9. The summed E-state index contributed by atoms with van der Waals surface area (Å²) in [7, 11) is 0. The van der Waals surface area contributed by atoms with Crippen LogP contribution in [-0.4, -0.2) is 20.7 Å². The zero-order valence-corrected chi connectivity index (χ0v) is 14.0. The first-order valence-electron chi connectivity index (χ1n) is 6.88. The third kappa shape index (κ3) is 4.11. The van der Waals surface area contributed by atoms with Gasteiger partial charge in [0, 0.05) is 17.3 Å². The average molecular weight is 337 g/mol. The van der Waals surface area contributed by atoms with E-state index in [2.05, 4.69) is 15.5 Å². The maximum absolute atomic E-state index is 11.6. The molecule has 116 valence electrons. The van der Waals surface area contributed by atoms with Gasteiger partial charge in [-0.3, -0.25) is 14.7 Å². The molecule has 0 spiro atoms. The molecule has 0 unspecified atom stereocenters. The molecule has 1 aromatic heterocycles. The minimum absolute atomic E-state index is 0.216. The van der Waals surface area contributed by atoms with Crippen LogP contribution in [-0.2, 0) is 17.1 Å². The zero-order valence-electron chi connectivity index (χ0n) is 12.4.